The number of rotatable bonds is 6. The monoisotopic (exact) mass is 340 g/mol. The van der Waals surface area contributed by atoms with Crippen LogP contribution in [0.1, 0.15) is 50.5 Å². The largest absolute Gasteiger partial charge is 0.456 e. The maximum Gasteiger partial charge on any atom is 0.306 e. The molecular formula is C20H24N2O3. The molecule has 5 heteroatoms. The first kappa shape index (κ1) is 16.3. The lowest BCUT2D eigenvalue weighted by molar-refractivity contribution is -0.147. The fourth-order valence-electron chi connectivity index (χ4n) is 4.36. The predicted octanol–water partition coefficient (Wildman–Crippen LogP) is 4.17. The Morgan fingerprint density at radius 2 is 2.08 bits per heavy atom. The van der Waals surface area contributed by atoms with E-state index in [1.165, 1.54) is 31.2 Å². The Morgan fingerprint density at radius 3 is 2.76 bits per heavy atom. The van der Waals surface area contributed by atoms with E-state index in [0.717, 1.165) is 23.8 Å². The molecule has 0 aliphatic heterocycles. The van der Waals surface area contributed by atoms with Crippen molar-refractivity contribution < 1.29 is 14.1 Å². The van der Waals surface area contributed by atoms with Crippen LogP contribution in [0.2, 0.25) is 0 Å². The molecule has 5 nitrogen and oxygen atoms in total. The number of hydrogen-bond acceptors (Lipinski definition) is 5. The van der Waals surface area contributed by atoms with E-state index >= 15 is 0 Å². The Morgan fingerprint density at radius 1 is 1.24 bits per heavy atom. The van der Waals surface area contributed by atoms with Gasteiger partial charge in [0.05, 0.1) is 0 Å². The minimum Gasteiger partial charge on any atom is -0.456 e. The zero-order valence-corrected chi connectivity index (χ0v) is 14.6. The Kier molecular flexibility index (Phi) is 4.55. The van der Waals surface area contributed by atoms with E-state index in [4.69, 9.17) is 9.26 Å². The number of ether oxygens (including phenoxy) is 1. The number of carbonyl (C=O) groups is 1. The topological polar surface area (TPSA) is 65.2 Å². The van der Waals surface area contributed by atoms with E-state index in [2.05, 4.69) is 29.2 Å². The average Bonchev–Trinajstić information content (AvgIpc) is 3.37. The normalized spacial score (nSPS) is 24.6. The zero-order valence-electron chi connectivity index (χ0n) is 14.6. The zero-order chi connectivity index (χ0) is 17.2. The molecule has 0 spiro atoms. The van der Waals surface area contributed by atoms with Crippen LogP contribution in [0, 0.1) is 17.8 Å². The lowest BCUT2D eigenvalue weighted by atomic mass is 9.86. The first-order chi connectivity index (χ1) is 12.2. The van der Waals surface area contributed by atoms with E-state index in [0.29, 0.717) is 24.1 Å². The second kappa shape index (κ2) is 6.98. The fraction of sp³-hybridized carbons (Fsp3) is 0.550. The van der Waals surface area contributed by atoms with Crippen molar-refractivity contribution in [2.24, 2.45) is 17.8 Å². The summed E-state index contributed by atoms with van der Waals surface area (Å²) in [6.45, 7) is 2.17. The summed E-state index contributed by atoms with van der Waals surface area (Å²) in [5, 5.41) is 3.98. The molecule has 4 rings (SSSR count). The van der Waals surface area contributed by atoms with Gasteiger partial charge in [0, 0.05) is 12.0 Å². The number of nitrogens with zero attached hydrogens (tertiary/aromatic N) is 2. The number of fused-ring (bicyclic) bond motifs is 2. The lowest BCUT2D eigenvalue weighted by Gasteiger charge is -2.20. The molecule has 0 unspecified atom stereocenters. The molecule has 1 heterocycles. The van der Waals surface area contributed by atoms with Crippen LogP contribution in [0.25, 0.3) is 11.4 Å². The molecule has 132 valence electrons. The van der Waals surface area contributed by atoms with Crippen molar-refractivity contribution >= 4 is 5.97 Å². The van der Waals surface area contributed by atoms with E-state index < -0.39 is 0 Å². The van der Waals surface area contributed by atoms with Gasteiger partial charge in [-0.25, -0.2) is 0 Å². The number of hydrogen-bond donors (Lipinski definition) is 0. The van der Waals surface area contributed by atoms with Gasteiger partial charge >= 0.3 is 5.97 Å². The van der Waals surface area contributed by atoms with Gasteiger partial charge in [0.15, 0.2) is 6.61 Å². The summed E-state index contributed by atoms with van der Waals surface area (Å²) in [4.78, 5) is 16.4. The van der Waals surface area contributed by atoms with E-state index in [9.17, 15) is 4.79 Å². The highest BCUT2D eigenvalue weighted by atomic mass is 16.6. The first-order valence-corrected chi connectivity index (χ1v) is 9.28. The molecule has 2 aliphatic rings. The molecule has 1 aromatic heterocycles. The van der Waals surface area contributed by atoms with Gasteiger partial charge in [0.1, 0.15) is 0 Å². The van der Waals surface area contributed by atoms with Crippen molar-refractivity contribution in [3.63, 3.8) is 0 Å². The van der Waals surface area contributed by atoms with Crippen LogP contribution in [0.15, 0.2) is 28.8 Å². The van der Waals surface area contributed by atoms with Gasteiger partial charge in [-0.2, -0.15) is 4.98 Å². The van der Waals surface area contributed by atoms with Crippen molar-refractivity contribution in [1.82, 2.24) is 10.1 Å². The third-order valence-corrected chi connectivity index (χ3v) is 5.76. The number of esters is 1. The minimum atomic E-state index is -0.149. The van der Waals surface area contributed by atoms with Gasteiger partial charge in [-0.1, -0.05) is 42.8 Å². The number of aromatic nitrogens is 2. The molecule has 25 heavy (non-hydrogen) atoms. The van der Waals surface area contributed by atoms with Crippen LogP contribution in [0.3, 0.4) is 0 Å². The Bertz CT molecular complexity index is 738. The van der Waals surface area contributed by atoms with Crippen LogP contribution in [0.5, 0.6) is 0 Å². The van der Waals surface area contributed by atoms with E-state index in [-0.39, 0.29) is 12.6 Å². The summed E-state index contributed by atoms with van der Waals surface area (Å²) in [6, 6.07) is 8.07. The minimum absolute atomic E-state index is 0.0553. The van der Waals surface area contributed by atoms with E-state index in [1.54, 1.807) is 0 Å². The molecule has 0 radical (unpaired) electrons. The second-order valence-electron chi connectivity index (χ2n) is 7.36. The van der Waals surface area contributed by atoms with Crippen molar-refractivity contribution in [2.75, 3.05) is 0 Å². The number of benzene rings is 1. The summed E-state index contributed by atoms with van der Waals surface area (Å²) in [5.41, 5.74) is 2.17. The Balaban J connectivity index is 1.29. The molecule has 0 amide bonds. The first-order valence-electron chi connectivity index (χ1n) is 9.28. The number of aryl methyl sites for hydroxylation is 1. The van der Waals surface area contributed by atoms with Crippen molar-refractivity contribution in [1.29, 1.82) is 0 Å². The van der Waals surface area contributed by atoms with Gasteiger partial charge in [-0.3, -0.25) is 4.79 Å². The molecule has 0 saturated heterocycles. The van der Waals surface area contributed by atoms with Crippen LogP contribution < -0.4 is 0 Å². The lowest BCUT2D eigenvalue weighted by Crippen LogP contribution is -2.17. The van der Waals surface area contributed by atoms with Crippen LogP contribution >= 0.6 is 0 Å². The van der Waals surface area contributed by atoms with Gasteiger partial charge < -0.3 is 9.26 Å². The average molecular weight is 340 g/mol. The summed E-state index contributed by atoms with van der Waals surface area (Å²) >= 11 is 0. The smallest absolute Gasteiger partial charge is 0.306 e. The van der Waals surface area contributed by atoms with Crippen LogP contribution in [0.4, 0.5) is 0 Å². The van der Waals surface area contributed by atoms with Crippen molar-refractivity contribution in [3.05, 3.63) is 35.7 Å². The van der Waals surface area contributed by atoms with Gasteiger partial charge in [0.25, 0.3) is 5.89 Å². The highest BCUT2D eigenvalue weighted by molar-refractivity contribution is 5.69. The standard InChI is InChI=1S/C20H24N2O3/c1-2-13-3-6-15(7-4-13)20-21-18(25-22-20)12-24-19(23)11-17-10-14-5-8-16(17)9-14/h3-4,6-7,14,16-17H,2,5,8-12H2,1H3/t14-,16+,17+/m0/s1. The van der Waals surface area contributed by atoms with Crippen molar-refractivity contribution in [3.8, 4) is 11.4 Å². The van der Waals surface area contributed by atoms with Gasteiger partial charge in [0.2, 0.25) is 5.82 Å². The fourth-order valence-corrected chi connectivity index (χ4v) is 4.36. The quantitative estimate of drug-likeness (QED) is 0.739. The summed E-state index contributed by atoms with van der Waals surface area (Å²) in [7, 11) is 0. The summed E-state index contributed by atoms with van der Waals surface area (Å²) in [6.07, 6.45) is 6.66. The predicted molar refractivity (Wildman–Crippen MR) is 92.5 cm³/mol. The summed E-state index contributed by atoms with van der Waals surface area (Å²) < 4.78 is 10.6. The van der Waals surface area contributed by atoms with Crippen LogP contribution in [-0.4, -0.2) is 16.1 Å². The summed E-state index contributed by atoms with van der Waals surface area (Å²) in [5.74, 6) is 2.82. The third kappa shape index (κ3) is 3.60. The molecule has 2 fully saturated rings. The molecule has 0 N–H and O–H groups in total. The van der Waals surface area contributed by atoms with Crippen molar-refractivity contribution in [2.45, 2.75) is 52.1 Å². The van der Waals surface area contributed by atoms with Gasteiger partial charge in [-0.05, 0) is 49.0 Å². The molecule has 1 aromatic carbocycles. The molecular weight excluding hydrogens is 316 g/mol. The SMILES string of the molecule is CCc1ccc(-c2noc(COC(=O)C[C@H]3C[C@H]4CC[C@@H]3C4)n2)cc1. The highest BCUT2D eigenvalue weighted by Gasteiger charge is 2.40. The number of carbonyl (C=O) groups excluding carboxylic acids is 1. The Labute approximate surface area is 147 Å². The molecule has 2 aromatic rings. The molecule has 2 bridgehead atoms. The maximum absolute atomic E-state index is 12.1. The third-order valence-electron chi connectivity index (χ3n) is 5.76. The molecule has 3 atom stereocenters. The highest BCUT2D eigenvalue weighted by Crippen LogP contribution is 2.49. The molecule has 2 aliphatic carbocycles. The van der Waals surface area contributed by atoms with Crippen LogP contribution in [-0.2, 0) is 22.6 Å². The molecule has 2 saturated carbocycles. The second-order valence-corrected chi connectivity index (χ2v) is 7.36. The maximum atomic E-state index is 12.1. The Hall–Kier alpha value is -2.17. The van der Waals surface area contributed by atoms with E-state index in [1.807, 2.05) is 12.1 Å². The van der Waals surface area contributed by atoms with Gasteiger partial charge in [-0.15, -0.1) is 0 Å².